The molecule has 1 aliphatic carbocycles. The highest BCUT2D eigenvalue weighted by molar-refractivity contribution is 5.64. The van der Waals surface area contributed by atoms with Crippen molar-refractivity contribution in [3.05, 3.63) is 11.8 Å². The molecule has 1 aromatic heterocycles. The fraction of sp³-hybridized carbons (Fsp3) is 0.700. The van der Waals surface area contributed by atoms with Gasteiger partial charge in [-0.3, -0.25) is 0 Å². The van der Waals surface area contributed by atoms with Gasteiger partial charge in [0.2, 0.25) is 11.8 Å². The summed E-state index contributed by atoms with van der Waals surface area (Å²) in [4.78, 5) is 10.6. The molecule has 1 amide bonds. The highest BCUT2D eigenvalue weighted by Gasteiger charge is 2.27. The summed E-state index contributed by atoms with van der Waals surface area (Å²) in [5.41, 5.74) is 4.97. The molecular weight excluding hydrogens is 210 g/mol. The maximum atomic E-state index is 10.6. The molecule has 2 N–H and O–H groups in total. The van der Waals surface area contributed by atoms with Crippen LogP contribution in [-0.4, -0.2) is 22.4 Å². The van der Waals surface area contributed by atoms with E-state index in [0.29, 0.717) is 11.8 Å². The maximum Gasteiger partial charge on any atom is 0.404 e. The van der Waals surface area contributed by atoms with Gasteiger partial charge >= 0.3 is 6.09 Å². The molecule has 0 radical (unpaired) electrons. The molecule has 6 nitrogen and oxygen atoms in total. The van der Waals surface area contributed by atoms with E-state index in [1.165, 1.54) is 0 Å². The van der Waals surface area contributed by atoms with E-state index >= 15 is 0 Å². The van der Waals surface area contributed by atoms with E-state index in [9.17, 15) is 4.79 Å². The highest BCUT2D eigenvalue weighted by Crippen LogP contribution is 2.33. The predicted molar refractivity (Wildman–Crippen MR) is 54.7 cm³/mol. The van der Waals surface area contributed by atoms with Crippen LogP contribution in [0.2, 0.25) is 0 Å². The molecule has 1 fully saturated rings. The minimum absolute atomic E-state index is 0.0576. The Bertz CT molecular complexity index is 369. The number of carbonyl (C=O) groups excluding carboxylic acids is 1. The quantitative estimate of drug-likeness (QED) is 0.823. The average molecular weight is 225 g/mol. The summed E-state index contributed by atoms with van der Waals surface area (Å²) in [6, 6.07) is 0. The van der Waals surface area contributed by atoms with Crippen LogP contribution in [0, 0.1) is 6.92 Å². The van der Waals surface area contributed by atoms with Crippen LogP contribution in [-0.2, 0) is 4.74 Å². The molecule has 88 valence electrons. The Hall–Kier alpha value is -1.59. The number of amides is 1. The zero-order valence-electron chi connectivity index (χ0n) is 9.18. The van der Waals surface area contributed by atoms with Crippen molar-refractivity contribution in [3.63, 3.8) is 0 Å². The second kappa shape index (κ2) is 4.51. The fourth-order valence-electron chi connectivity index (χ4n) is 2.07. The number of aromatic nitrogens is 2. The number of rotatable bonds is 2. The van der Waals surface area contributed by atoms with Gasteiger partial charge in [-0.1, -0.05) is 0 Å². The fourth-order valence-corrected chi connectivity index (χ4v) is 2.07. The van der Waals surface area contributed by atoms with Crippen LogP contribution < -0.4 is 5.73 Å². The lowest BCUT2D eigenvalue weighted by Crippen LogP contribution is -2.26. The SMILES string of the molecule is Cc1nnc(C2CCC(OC(N)=O)CC2)o1. The van der Waals surface area contributed by atoms with E-state index < -0.39 is 6.09 Å². The molecule has 0 spiro atoms. The summed E-state index contributed by atoms with van der Waals surface area (Å²) in [6.45, 7) is 1.78. The lowest BCUT2D eigenvalue weighted by molar-refractivity contribution is 0.0765. The molecule has 1 aromatic rings. The van der Waals surface area contributed by atoms with Crippen molar-refractivity contribution in [2.45, 2.75) is 44.6 Å². The zero-order valence-corrected chi connectivity index (χ0v) is 9.18. The van der Waals surface area contributed by atoms with Crippen molar-refractivity contribution in [3.8, 4) is 0 Å². The standard InChI is InChI=1S/C10H15N3O3/c1-6-12-13-9(15-6)7-2-4-8(5-3-7)16-10(11)14/h7-8H,2-5H2,1H3,(H2,11,14). The van der Waals surface area contributed by atoms with Gasteiger partial charge in [-0.15, -0.1) is 10.2 Å². The molecule has 1 aliphatic rings. The van der Waals surface area contributed by atoms with Gasteiger partial charge in [0.25, 0.3) is 0 Å². The number of hydrogen-bond donors (Lipinski definition) is 1. The molecule has 0 aromatic carbocycles. The van der Waals surface area contributed by atoms with Gasteiger partial charge in [0.1, 0.15) is 6.10 Å². The highest BCUT2D eigenvalue weighted by atomic mass is 16.6. The third kappa shape index (κ3) is 2.50. The number of carbonyl (C=O) groups is 1. The summed E-state index contributed by atoms with van der Waals surface area (Å²) in [5, 5.41) is 7.81. The number of nitrogens with two attached hydrogens (primary N) is 1. The van der Waals surface area contributed by atoms with Crippen molar-refractivity contribution >= 4 is 6.09 Å². The first-order valence-electron chi connectivity index (χ1n) is 5.41. The molecule has 1 saturated carbocycles. The molecular formula is C10H15N3O3. The zero-order chi connectivity index (χ0) is 11.5. The minimum Gasteiger partial charge on any atom is -0.446 e. The molecule has 0 bridgehead atoms. The van der Waals surface area contributed by atoms with Gasteiger partial charge in [0.05, 0.1) is 0 Å². The number of hydrogen-bond acceptors (Lipinski definition) is 5. The van der Waals surface area contributed by atoms with E-state index in [-0.39, 0.29) is 12.0 Å². The van der Waals surface area contributed by atoms with Crippen LogP contribution >= 0.6 is 0 Å². The third-order valence-corrected chi connectivity index (χ3v) is 2.85. The van der Waals surface area contributed by atoms with Gasteiger partial charge < -0.3 is 14.9 Å². The minimum atomic E-state index is -0.697. The van der Waals surface area contributed by atoms with Crippen LogP contribution in [0.3, 0.4) is 0 Å². The lowest BCUT2D eigenvalue weighted by atomic mass is 9.87. The van der Waals surface area contributed by atoms with E-state index in [1.54, 1.807) is 6.92 Å². The maximum absolute atomic E-state index is 10.6. The van der Waals surface area contributed by atoms with Crippen molar-refractivity contribution < 1.29 is 13.9 Å². The number of aryl methyl sites for hydroxylation is 1. The lowest BCUT2D eigenvalue weighted by Gasteiger charge is -2.25. The molecule has 6 heteroatoms. The largest absolute Gasteiger partial charge is 0.446 e. The Kier molecular flexibility index (Phi) is 3.07. The molecule has 2 rings (SSSR count). The first-order valence-corrected chi connectivity index (χ1v) is 5.41. The summed E-state index contributed by atoms with van der Waals surface area (Å²) in [7, 11) is 0. The first-order chi connectivity index (χ1) is 7.65. The predicted octanol–water partition coefficient (Wildman–Crippen LogP) is 1.50. The summed E-state index contributed by atoms with van der Waals surface area (Å²) >= 11 is 0. The topological polar surface area (TPSA) is 91.2 Å². The van der Waals surface area contributed by atoms with Crippen LogP contribution in [0.25, 0.3) is 0 Å². The van der Waals surface area contributed by atoms with Gasteiger partial charge in [0, 0.05) is 12.8 Å². The smallest absolute Gasteiger partial charge is 0.404 e. The van der Waals surface area contributed by atoms with Gasteiger partial charge in [-0.25, -0.2) is 4.79 Å². The van der Waals surface area contributed by atoms with E-state index in [4.69, 9.17) is 14.9 Å². The first kappa shape index (κ1) is 10.9. The van der Waals surface area contributed by atoms with Crippen LogP contribution in [0.5, 0.6) is 0 Å². The van der Waals surface area contributed by atoms with E-state index in [2.05, 4.69) is 10.2 Å². The van der Waals surface area contributed by atoms with Crippen molar-refractivity contribution in [1.82, 2.24) is 10.2 Å². The monoisotopic (exact) mass is 225 g/mol. The molecule has 0 saturated heterocycles. The summed E-state index contributed by atoms with van der Waals surface area (Å²) in [6.07, 6.45) is 2.62. The Morgan fingerprint density at radius 3 is 2.56 bits per heavy atom. The van der Waals surface area contributed by atoms with Gasteiger partial charge in [-0.2, -0.15) is 0 Å². The van der Waals surface area contributed by atoms with E-state index in [1.807, 2.05) is 0 Å². The molecule has 0 atom stereocenters. The van der Waals surface area contributed by atoms with Gasteiger partial charge in [-0.05, 0) is 25.7 Å². The molecule has 1 heterocycles. The second-order valence-corrected chi connectivity index (χ2v) is 4.07. The van der Waals surface area contributed by atoms with Crippen LogP contribution in [0.15, 0.2) is 4.42 Å². The summed E-state index contributed by atoms with van der Waals surface area (Å²) in [5.74, 6) is 1.56. The molecule has 16 heavy (non-hydrogen) atoms. The second-order valence-electron chi connectivity index (χ2n) is 4.07. The number of primary amides is 1. The molecule has 0 aliphatic heterocycles. The Balaban J connectivity index is 1.87. The summed E-state index contributed by atoms with van der Waals surface area (Å²) < 4.78 is 10.3. The van der Waals surface area contributed by atoms with Gasteiger partial charge in [0.15, 0.2) is 0 Å². The Morgan fingerprint density at radius 1 is 1.38 bits per heavy atom. The third-order valence-electron chi connectivity index (χ3n) is 2.85. The Morgan fingerprint density at radius 2 is 2.06 bits per heavy atom. The molecule has 0 unspecified atom stereocenters. The Labute approximate surface area is 93.2 Å². The van der Waals surface area contributed by atoms with Crippen LogP contribution in [0.4, 0.5) is 4.79 Å². The number of ether oxygens (including phenoxy) is 1. The van der Waals surface area contributed by atoms with Crippen molar-refractivity contribution in [2.75, 3.05) is 0 Å². The van der Waals surface area contributed by atoms with E-state index in [0.717, 1.165) is 25.7 Å². The average Bonchev–Trinajstić information content (AvgIpc) is 2.65. The normalized spacial score (nSPS) is 25.3. The van der Waals surface area contributed by atoms with Crippen molar-refractivity contribution in [1.29, 1.82) is 0 Å². The van der Waals surface area contributed by atoms with Crippen LogP contribution in [0.1, 0.15) is 43.4 Å². The number of nitrogens with zero attached hydrogens (tertiary/aromatic N) is 2. The van der Waals surface area contributed by atoms with Crippen molar-refractivity contribution in [2.24, 2.45) is 5.73 Å².